The molecular formula is C12H13Cl2N3O2S2. The number of halogens is 2. The molecule has 21 heavy (non-hydrogen) atoms. The summed E-state index contributed by atoms with van der Waals surface area (Å²) in [4.78, 5) is 5.75. The predicted octanol–water partition coefficient (Wildman–Crippen LogP) is 3.63. The second kappa shape index (κ2) is 6.00. The summed E-state index contributed by atoms with van der Waals surface area (Å²) in [6.07, 6.45) is 0. The molecule has 0 aliphatic rings. The summed E-state index contributed by atoms with van der Waals surface area (Å²) in [6.45, 7) is 1.60. The van der Waals surface area contributed by atoms with Crippen molar-refractivity contribution in [2.24, 2.45) is 0 Å². The molecule has 0 bridgehead atoms. The van der Waals surface area contributed by atoms with E-state index in [1.54, 1.807) is 25.1 Å². The lowest BCUT2D eigenvalue weighted by molar-refractivity contribution is 0.602. The fourth-order valence-corrected chi connectivity index (χ4v) is 4.87. The van der Waals surface area contributed by atoms with Gasteiger partial charge < -0.3 is 4.90 Å². The Morgan fingerprint density at radius 2 is 1.95 bits per heavy atom. The number of rotatable bonds is 4. The Kier molecular flexibility index (Phi) is 4.67. The van der Waals surface area contributed by atoms with Crippen molar-refractivity contribution in [3.05, 3.63) is 33.4 Å². The molecular weight excluding hydrogens is 353 g/mol. The summed E-state index contributed by atoms with van der Waals surface area (Å²) in [6, 6.07) is 4.95. The molecule has 0 unspecified atom stereocenters. The summed E-state index contributed by atoms with van der Waals surface area (Å²) in [5.41, 5.74) is 1.56. The van der Waals surface area contributed by atoms with Gasteiger partial charge in [-0.2, -0.15) is 0 Å². The van der Waals surface area contributed by atoms with Gasteiger partial charge in [0.1, 0.15) is 0 Å². The van der Waals surface area contributed by atoms with Crippen molar-refractivity contribution in [1.82, 2.24) is 4.98 Å². The summed E-state index contributed by atoms with van der Waals surface area (Å²) in [7, 11) is -0.0139. The minimum Gasteiger partial charge on any atom is -0.376 e. The lowest BCUT2D eigenvalue weighted by Gasteiger charge is -2.15. The van der Waals surface area contributed by atoms with Gasteiger partial charge in [-0.1, -0.05) is 34.5 Å². The van der Waals surface area contributed by atoms with Crippen LogP contribution in [0.15, 0.2) is 22.4 Å². The Bertz CT molecular complexity index is 773. The van der Waals surface area contributed by atoms with Gasteiger partial charge in [0, 0.05) is 14.1 Å². The number of sulfonamides is 1. The van der Waals surface area contributed by atoms with Gasteiger partial charge in [0.05, 0.1) is 22.1 Å². The van der Waals surface area contributed by atoms with Gasteiger partial charge >= 0.3 is 0 Å². The maximum absolute atomic E-state index is 12.3. The molecule has 0 radical (unpaired) electrons. The zero-order chi connectivity index (χ0) is 15.8. The molecule has 1 N–H and O–H groups in total. The van der Waals surface area contributed by atoms with Gasteiger partial charge in [-0.25, -0.2) is 13.4 Å². The van der Waals surface area contributed by atoms with E-state index in [9.17, 15) is 8.42 Å². The topological polar surface area (TPSA) is 62.3 Å². The first-order valence-electron chi connectivity index (χ1n) is 5.83. The average Bonchev–Trinajstić information content (AvgIpc) is 2.68. The van der Waals surface area contributed by atoms with Crippen molar-refractivity contribution < 1.29 is 8.42 Å². The van der Waals surface area contributed by atoms with E-state index in [4.69, 9.17) is 23.2 Å². The number of nitrogens with zero attached hydrogens (tertiary/aromatic N) is 2. The van der Waals surface area contributed by atoms with Gasteiger partial charge in [0.2, 0.25) is 0 Å². The van der Waals surface area contributed by atoms with Crippen LogP contribution in [-0.2, 0) is 10.0 Å². The van der Waals surface area contributed by atoms with Gasteiger partial charge in [-0.05, 0) is 25.1 Å². The van der Waals surface area contributed by atoms with Gasteiger partial charge in [-0.3, -0.25) is 4.72 Å². The first-order valence-corrected chi connectivity index (χ1v) is 8.89. The first kappa shape index (κ1) is 16.4. The van der Waals surface area contributed by atoms with Gasteiger partial charge in [-0.15, -0.1) is 0 Å². The quantitative estimate of drug-likeness (QED) is 0.898. The van der Waals surface area contributed by atoms with Crippen LogP contribution in [0.3, 0.4) is 0 Å². The van der Waals surface area contributed by atoms with Crippen LogP contribution in [0.25, 0.3) is 0 Å². The minimum atomic E-state index is -3.72. The molecule has 0 aliphatic carbocycles. The number of hydrogen-bond donors (Lipinski definition) is 1. The third-order valence-electron chi connectivity index (χ3n) is 2.65. The van der Waals surface area contributed by atoms with Crippen LogP contribution in [0.4, 0.5) is 11.4 Å². The number of aryl methyl sites for hydroxylation is 1. The highest BCUT2D eigenvalue weighted by atomic mass is 35.5. The second-order valence-electron chi connectivity index (χ2n) is 4.51. The summed E-state index contributed by atoms with van der Waals surface area (Å²) in [5.74, 6) is 0. The third kappa shape index (κ3) is 3.60. The number of anilines is 2. The summed E-state index contributed by atoms with van der Waals surface area (Å²) in [5, 5.41) is 0.458. The fraction of sp³-hybridized carbons (Fsp3) is 0.250. The predicted molar refractivity (Wildman–Crippen MR) is 88.4 cm³/mol. The Balaban J connectivity index is 2.33. The monoisotopic (exact) mass is 365 g/mol. The van der Waals surface area contributed by atoms with Crippen molar-refractivity contribution in [2.75, 3.05) is 23.7 Å². The highest BCUT2D eigenvalue weighted by Crippen LogP contribution is 2.31. The van der Waals surface area contributed by atoms with Crippen molar-refractivity contribution in [3.63, 3.8) is 0 Å². The van der Waals surface area contributed by atoms with Gasteiger partial charge in [0.25, 0.3) is 10.0 Å². The van der Waals surface area contributed by atoms with Crippen molar-refractivity contribution in [1.29, 1.82) is 0 Å². The number of hydrogen-bond acceptors (Lipinski definition) is 5. The van der Waals surface area contributed by atoms with E-state index in [0.29, 0.717) is 16.4 Å². The van der Waals surface area contributed by atoms with Crippen LogP contribution in [0, 0.1) is 6.92 Å². The van der Waals surface area contributed by atoms with E-state index in [1.807, 2.05) is 19.0 Å². The highest BCUT2D eigenvalue weighted by molar-refractivity contribution is 7.94. The van der Waals surface area contributed by atoms with Gasteiger partial charge in [0.15, 0.2) is 8.68 Å². The van der Waals surface area contributed by atoms with E-state index in [2.05, 4.69) is 9.71 Å². The zero-order valence-corrected chi connectivity index (χ0v) is 14.7. The number of benzene rings is 1. The molecule has 9 heteroatoms. The van der Waals surface area contributed by atoms with Crippen LogP contribution in [-0.4, -0.2) is 27.5 Å². The molecule has 0 amide bonds. The third-order valence-corrected chi connectivity index (χ3v) is 6.21. The SMILES string of the molecule is Cc1nc(Cl)sc1S(=O)(=O)Nc1ccc(N(C)C)c(Cl)c1. The van der Waals surface area contributed by atoms with Crippen LogP contribution in [0.5, 0.6) is 0 Å². The minimum absolute atomic E-state index is 0.0975. The largest absolute Gasteiger partial charge is 0.376 e. The zero-order valence-electron chi connectivity index (χ0n) is 11.5. The van der Waals surface area contributed by atoms with Crippen LogP contribution in [0.2, 0.25) is 9.49 Å². The molecule has 2 rings (SSSR count). The van der Waals surface area contributed by atoms with E-state index < -0.39 is 10.0 Å². The standard InChI is InChI=1S/C12H13Cl2N3O2S2/c1-7-11(20-12(14)15-7)21(18,19)16-8-4-5-10(17(2)3)9(13)6-8/h4-6,16H,1-3H3. The Labute approximate surface area is 137 Å². The molecule has 0 aliphatic heterocycles. The smallest absolute Gasteiger partial charge is 0.273 e. The molecule has 0 saturated carbocycles. The molecule has 0 fully saturated rings. The lowest BCUT2D eigenvalue weighted by Crippen LogP contribution is -2.13. The molecule has 114 valence electrons. The van der Waals surface area contributed by atoms with Crippen molar-refractivity contribution >= 4 is 55.9 Å². The van der Waals surface area contributed by atoms with Crippen LogP contribution >= 0.6 is 34.5 Å². The van der Waals surface area contributed by atoms with E-state index in [1.165, 1.54) is 0 Å². The van der Waals surface area contributed by atoms with E-state index in [0.717, 1.165) is 17.0 Å². The fourth-order valence-electron chi connectivity index (χ4n) is 1.73. The molecule has 1 aromatic carbocycles. The van der Waals surface area contributed by atoms with Crippen molar-refractivity contribution in [2.45, 2.75) is 11.1 Å². The maximum atomic E-state index is 12.3. The number of thiazole rings is 1. The van der Waals surface area contributed by atoms with Crippen molar-refractivity contribution in [3.8, 4) is 0 Å². The van der Waals surface area contributed by atoms with E-state index in [-0.39, 0.29) is 8.68 Å². The molecule has 2 aromatic rings. The molecule has 1 aromatic heterocycles. The normalized spacial score (nSPS) is 11.5. The average molecular weight is 366 g/mol. The number of nitrogens with one attached hydrogen (secondary N) is 1. The molecule has 0 atom stereocenters. The summed E-state index contributed by atoms with van der Waals surface area (Å²) < 4.78 is 27.4. The molecule has 1 heterocycles. The van der Waals surface area contributed by atoms with Crippen LogP contribution in [0.1, 0.15) is 5.69 Å². The Morgan fingerprint density at radius 3 is 2.43 bits per heavy atom. The van der Waals surface area contributed by atoms with Crippen LogP contribution < -0.4 is 9.62 Å². The molecule has 5 nitrogen and oxygen atoms in total. The first-order chi connectivity index (χ1) is 9.70. The number of aromatic nitrogens is 1. The molecule has 0 spiro atoms. The van der Waals surface area contributed by atoms with E-state index >= 15 is 0 Å². The maximum Gasteiger partial charge on any atom is 0.273 e. The Morgan fingerprint density at radius 1 is 1.29 bits per heavy atom. The Hall–Kier alpha value is -1.02. The molecule has 0 saturated heterocycles. The summed E-state index contributed by atoms with van der Waals surface area (Å²) >= 11 is 12.8. The highest BCUT2D eigenvalue weighted by Gasteiger charge is 2.21. The second-order valence-corrected chi connectivity index (χ2v) is 8.37. The lowest BCUT2D eigenvalue weighted by atomic mass is 10.3.